The maximum Gasteiger partial charge on any atom is 0.225 e. The van der Waals surface area contributed by atoms with Crippen LogP contribution in [0.1, 0.15) is 17.7 Å². The number of piperidine rings is 1. The number of methoxy groups -OCH3 is 1. The number of ether oxygens (including phenoxy) is 2. The van der Waals surface area contributed by atoms with E-state index in [1.54, 1.807) is 18.4 Å². The summed E-state index contributed by atoms with van der Waals surface area (Å²) in [7, 11) is 3.98. The molecule has 7 nitrogen and oxygen atoms in total. The molecule has 29 heavy (non-hydrogen) atoms. The molecule has 2 fully saturated rings. The van der Waals surface area contributed by atoms with Gasteiger partial charge in [-0.25, -0.2) is 4.98 Å². The van der Waals surface area contributed by atoms with Crippen LogP contribution >= 0.6 is 22.9 Å². The number of likely N-dealkylation sites (N-methyl/N-ethyl adjacent to an activating group) is 1. The van der Waals surface area contributed by atoms with E-state index in [4.69, 9.17) is 21.1 Å². The maximum absolute atomic E-state index is 6.23. The molecule has 0 atom stereocenters. The Morgan fingerprint density at radius 1 is 1.24 bits per heavy atom. The smallest absolute Gasteiger partial charge is 0.225 e. The number of fused-ring (bicyclic) bond motifs is 1. The number of anilines is 1. The van der Waals surface area contributed by atoms with Gasteiger partial charge in [0.15, 0.2) is 0 Å². The zero-order valence-electron chi connectivity index (χ0n) is 17.3. The van der Waals surface area contributed by atoms with Gasteiger partial charge in [0.05, 0.1) is 25.2 Å². The molecule has 0 amide bonds. The second kappa shape index (κ2) is 9.85. The molecule has 0 bridgehead atoms. The molecule has 0 spiro atoms. The molecule has 0 saturated carbocycles. The van der Waals surface area contributed by atoms with Crippen molar-refractivity contribution in [2.75, 3.05) is 71.6 Å². The highest BCUT2D eigenvalue weighted by atomic mass is 35.5. The largest absolute Gasteiger partial charge is 0.383 e. The third-order valence-electron chi connectivity index (χ3n) is 5.91. The number of rotatable bonds is 7. The van der Waals surface area contributed by atoms with Crippen molar-refractivity contribution >= 4 is 39.0 Å². The van der Waals surface area contributed by atoms with Crippen molar-refractivity contribution < 1.29 is 9.47 Å². The van der Waals surface area contributed by atoms with E-state index in [9.17, 15) is 0 Å². The van der Waals surface area contributed by atoms with Gasteiger partial charge in [-0.05, 0) is 37.6 Å². The minimum atomic E-state index is 0.326. The molecule has 0 aromatic carbocycles. The summed E-state index contributed by atoms with van der Waals surface area (Å²) in [5.74, 6) is 0.948. The van der Waals surface area contributed by atoms with Crippen molar-refractivity contribution in [2.24, 2.45) is 0 Å². The Kier molecular flexibility index (Phi) is 7.21. The number of hydrogen-bond donors (Lipinski definition) is 0. The van der Waals surface area contributed by atoms with Crippen LogP contribution in [-0.4, -0.2) is 92.5 Å². The third kappa shape index (κ3) is 5.18. The topological polar surface area (TPSA) is 54.0 Å². The van der Waals surface area contributed by atoms with Gasteiger partial charge in [-0.2, -0.15) is 4.98 Å². The number of morpholine rings is 1. The van der Waals surface area contributed by atoms with Crippen LogP contribution in [0.25, 0.3) is 10.2 Å². The second-order valence-electron chi connectivity index (χ2n) is 7.83. The minimum Gasteiger partial charge on any atom is -0.383 e. The van der Waals surface area contributed by atoms with Crippen LogP contribution < -0.4 is 4.90 Å². The average Bonchev–Trinajstić information content (AvgIpc) is 3.14. The van der Waals surface area contributed by atoms with Crippen molar-refractivity contribution in [3.8, 4) is 0 Å². The van der Waals surface area contributed by atoms with E-state index in [2.05, 4.69) is 37.8 Å². The molecule has 2 aliphatic rings. The monoisotopic (exact) mass is 439 g/mol. The summed E-state index contributed by atoms with van der Waals surface area (Å²) in [6.07, 6.45) is 2.41. The van der Waals surface area contributed by atoms with Crippen LogP contribution in [0.4, 0.5) is 5.82 Å². The zero-order valence-corrected chi connectivity index (χ0v) is 18.8. The standard InChI is InChI=1S/C20H30ClN5O2S/c1-24(7-10-27-2)15-3-5-25(6-4-15)14-16-13-17-18(26-8-11-28-12-9-26)22-20(21)23-19(17)29-16/h13,15H,3-12,14H2,1-2H3. The molecule has 4 rings (SSSR count). The van der Waals surface area contributed by atoms with Gasteiger partial charge >= 0.3 is 0 Å². The molecule has 2 aliphatic heterocycles. The molecule has 0 aliphatic carbocycles. The van der Waals surface area contributed by atoms with E-state index in [1.807, 2.05) is 0 Å². The van der Waals surface area contributed by atoms with Gasteiger partial charge in [0.2, 0.25) is 5.28 Å². The Labute approximate surface area is 181 Å². The normalized spacial score (nSPS) is 19.5. The number of thiophene rings is 1. The Morgan fingerprint density at radius 3 is 2.72 bits per heavy atom. The minimum absolute atomic E-state index is 0.326. The summed E-state index contributed by atoms with van der Waals surface area (Å²) in [5, 5.41) is 1.44. The van der Waals surface area contributed by atoms with Crippen LogP contribution in [0.15, 0.2) is 6.07 Å². The van der Waals surface area contributed by atoms with Crippen LogP contribution in [0.5, 0.6) is 0 Å². The molecule has 2 aromatic heterocycles. The van der Waals surface area contributed by atoms with Crippen LogP contribution in [0, 0.1) is 0 Å². The zero-order chi connectivity index (χ0) is 20.2. The number of nitrogens with zero attached hydrogens (tertiary/aromatic N) is 5. The van der Waals surface area contributed by atoms with Gasteiger partial charge in [-0.1, -0.05) is 0 Å². The van der Waals surface area contributed by atoms with Crippen LogP contribution in [0.2, 0.25) is 5.28 Å². The molecule has 0 N–H and O–H groups in total. The average molecular weight is 440 g/mol. The molecule has 9 heteroatoms. The lowest BCUT2D eigenvalue weighted by molar-refractivity contribution is 0.0948. The first-order valence-electron chi connectivity index (χ1n) is 10.3. The lowest BCUT2D eigenvalue weighted by atomic mass is 10.0. The molecule has 2 saturated heterocycles. The van der Waals surface area contributed by atoms with Crippen molar-refractivity contribution in [1.29, 1.82) is 0 Å². The Hall–Kier alpha value is -1.03. The Morgan fingerprint density at radius 2 is 2.00 bits per heavy atom. The summed E-state index contributed by atoms with van der Waals surface area (Å²) in [6, 6.07) is 2.92. The predicted molar refractivity (Wildman–Crippen MR) is 118 cm³/mol. The van der Waals surface area contributed by atoms with Gasteiger partial charge in [-0.15, -0.1) is 11.3 Å². The molecule has 160 valence electrons. The fourth-order valence-electron chi connectivity index (χ4n) is 4.18. The molecular formula is C20H30ClN5O2S. The van der Waals surface area contributed by atoms with Gasteiger partial charge in [0.25, 0.3) is 0 Å². The highest BCUT2D eigenvalue weighted by Crippen LogP contribution is 2.33. The van der Waals surface area contributed by atoms with E-state index in [-0.39, 0.29) is 0 Å². The molecule has 4 heterocycles. The lowest BCUT2D eigenvalue weighted by Crippen LogP contribution is -2.43. The number of aromatic nitrogens is 2. The van der Waals surface area contributed by atoms with E-state index in [0.717, 1.165) is 75.1 Å². The maximum atomic E-state index is 6.23. The highest BCUT2D eigenvalue weighted by molar-refractivity contribution is 7.18. The SMILES string of the molecule is COCCN(C)C1CCN(Cc2cc3c(N4CCOCC4)nc(Cl)nc3s2)CC1. The molecule has 0 unspecified atom stereocenters. The van der Waals surface area contributed by atoms with Gasteiger partial charge in [0, 0.05) is 57.3 Å². The number of hydrogen-bond acceptors (Lipinski definition) is 8. The lowest BCUT2D eigenvalue weighted by Gasteiger charge is -2.36. The van der Waals surface area contributed by atoms with E-state index < -0.39 is 0 Å². The van der Waals surface area contributed by atoms with Gasteiger partial charge in [-0.3, -0.25) is 4.90 Å². The second-order valence-corrected chi connectivity index (χ2v) is 9.28. The van der Waals surface area contributed by atoms with Gasteiger partial charge < -0.3 is 19.3 Å². The summed E-state index contributed by atoms with van der Waals surface area (Å²) < 4.78 is 10.7. The summed E-state index contributed by atoms with van der Waals surface area (Å²) in [6.45, 7) is 8.17. The summed E-state index contributed by atoms with van der Waals surface area (Å²) >= 11 is 7.97. The van der Waals surface area contributed by atoms with Crippen LogP contribution in [-0.2, 0) is 16.0 Å². The van der Waals surface area contributed by atoms with Crippen molar-refractivity contribution in [2.45, 2.75) is 25.4 Å². The van der Waals surface area contributed by atoms with Crippen molar-refractivity contribution in [3.05, 3.63) is 16.2 Å². The first-order chi connectivity index (χ1) is 14.1. The fourth-order valence-corrected chi connectivity index (χ4v) is 5.46. The Bertz CT molecular complexity index is 806. The van der Waals surface area contributed by atoms with Gasteiger partial charge in [0.1, 0.15) is 10.6 Å². The quantitative estimate of drug-likeness (QED) is 0.615. The molecule has 0 radical (unpaired) electrons. The van der Waals surface area contributed by atoms with E-state index in [1.165, 1.54) is 17.7 Å². The van der Waals surface area contributed by atoms with Crippen molar-refractivity contribution in [1.82, 2.24) is 19.8 Å². The summed E-state index contributed by atoms with van der Waals surface area (Å²) in [5.41, 5.74) is 0. The molecule has 2 aromatic rings. The number of halogens is 1. The van der Waals surface area contributed by atoms with Crippen LogP contribution in [0.3, 0.4) is 0 Å². The summed E-state index contributed by atoms with van der Waals surface area (Å²) in [4.78, 5) is 18.6. The highest BCUT2D eigenvalue weighted by Gasteiger charge is 2.24. The number of likely N-dealkylation sites (tertiary alicyclic amines) is 1. The van der Waals surface area contributed by atoms with E-state index in [0.29, 0.717) is 11.3 Å². The first-order valence-corrected chi connectivity index (χ1v) is 11.5. The first kappa shape index (κ1) is 21.2. The molecular weight excluding hydrogens is 410 g/mol. The third-order valence-corrected chi connectivity index (χ3v) is 7.10. The fraction of sp³-hybridized carbons (Fsp3) is 0.700. The van der Waals surface area contributed by atoms with E-state index >= 15 is 0 Å². The Balaban J connectivity index is 1.41. The predicted octanol–water partition coefficient (Wildman–Crippen LogP) is 2.72. The van der Waals surface area contributed by atoms with Crippen molar-refractivity contribution in [3.63, 3.8) is 0 Å².